The molecule has 0 aromatic heterocycles. The lowest BCUT2D eigenvalue weighted by Gasteiger charge is -2.34. The lowest BCUT2D eigenvalue weighted by Crippen LogP contribution is -2.47. The first kappa shape index (κ1) is 16.5. The van der Waals surface area contributed by atoms with Gasteiger partial charge in [-0.2, -0.15) is 0 Å². The van der Waals surface area contributed by atoms with Crippen LogP contribution in [0.4, 0.5) is 0 Å². The third-order valence-corrected chi connectivity index (χ3v) is 4.26. The predicted octanol–water partition coefficient (Wildman–Crippen LogP) is 3.54. The second-order valence-corrected chi connectivity index (χ2v) is 6.96. The lowest BCUT2D eigenvalue weighted by atomic mass is 9.82. The molecule has 112 valence electrons. The lowest BCUT2D eigenvalue weighted by molar-refractivity contribution is -0.180. The van der Waals surface area contributed by atoms with Crippen molar-refractivity contribution in [2.45, 2.75) is 78.4 Å². The zero-order valence-electron chi connectivity index (χ0n) is 13.1. The minimum atomic E-state index is -1.34. The number of hydrogen-bond acceptors (Lipinski definition) is 3. The average molecular weight is 270 g/mol. The molecule has 1 N–H and O–H groups in total. The number of rotatable bonds is 5. The molecule has 0 heterocycles. The van der Waals surface area contributed by atoms with E-state index in [1.165, 1.54) is 0 Å². The molecule has 0 spiro atoms. The normalized spacial score (nSPS) is 27.4. The highest BCUT2D eigenvalue weighted by Crippen LogP contribution is 2.31. The Kier molecular flexibility index (Phi) is 5.84. The smallest absolute Gasteiger partial charge is 0.338 e. The molecule has 1 saturated carbocycles. The Morgan fingerprint density at radius 3 is 2.16 bits per heavy atom. The van der Waals surface area contributed by atoms with Crippen LogP contribution in [-0.4, -0.2) is 22.8 Å². The zero-order valence-corrected chi connectivity index (χ0v) is 13.1. The zero-order chi connectivity index (χ0) is 14.6. The van der Waals surface area contributed by atoms with Gasteiger partial charge in [0.2, 0.25) is 0 Å². The van der Waals surface area contributed by atoms with Crippen molar-refractivity contribution in [1.82, 2.24) is 0 Å². The van der Waals surface area contributed by atoms with E-state index in [4.69, 9.17) is 4.74 Å². The highest BCUT2D eigenvalue weighted by atomic mass is 16.6. The Morgan fingerprint density at radius 1 is 1.21 bits per heavy atom. The average Bonchev–Trinajstić information content (AvgIpc) is 2.30. The molecule has 19 heavy (non-hydrogen) atoms. The van der Waals surface area contributed by atoms with Crippen LogP contribution >= 0.6 is 0 Å². The van der Waals surface area contributed by atoms with E-state index in [0.717, 1.165) is 31.6 Å². The molecule has 0 aromatic rings. The van der Waals surface area contributed by atoms with Gasteiger partial charge in [-0.1, -0.05) is 34.6 Å². The molecule has 0 radical (unpaired) electrons. The summed E-state index contributed by atoms with van der Waals surface area (Å²) < 4.78 is 5.58. The van der Waals surface area contributed by atoms with Crippen molar-refractivity contribution in [2.24, 2.45) is 17.8 Å². The van der Waals surface area contributed by atoms with E-state index in [1.54, 1.807) is 0 Å². The van der Waals surface area contributed by atoms with E-state index in [0.29, 0.717) is 6.42 Å². The molecule has 3 nitrogen and oxygen atoms in total. The Bertz CT molecular complexity index is 290. The fourth-order valence-corrected chi connectivity index (χ4v) is 2.78. The van der Waals surface area contributed by atoms with E-state index < -0.39 is 11.6 Å². The van der Waals surface area contributed by atoms with E-state index in [9.17, 15) is 9.90 Å². The molecular formula is C16H30O3. The molecule has 1 fully saturated rings. The van der Waals surface area contributed by atoms with Gasteiger partial charge in [-0.15, -0.1) is 0 Å². The molecule has 1 aliphatic carbocycles. The van der Waals surface area contributed by atoms with Crippen LogP contribution < -0.4 is 0 Å². The van der Waals surface area contributed by atoms with E-state index in [1.807, 2.05) is 27.7 Å². The summed E-state index contributed by atoms with van der Waals surface area (Å²) in [5, 5.41) is 10.6. The van der Waals surface area contributed by atoms with E-state index in [-0.39, 0.29) is 17.9 Å². The Balaban J connectivity index is 2.62. The van der Waals surface area contributed by atoms with Gasteiger partial charge >= 0.3 is 5.97 Å². The van der Waals surface area contributed by atoms with Gasteiger partial charge in [-0.05, 0) is 49.9 Å². The quantitative estimate of drug-likeness (QED) is 0.777. The van der Waals surface area contributed by atoms with Gasteiger partial charge < -0.3 is 9.84 Å². The Hall–Kier alpha value is -0.570. The topological polar surface area (TPSA) is 46.5 Å². The highest BCUT2D eigenvalue weighted by Gasteiger charge is 2.42. The second-order valence-electron chi connectivity index (χ2n) is 6.96. The van der Waals surface area contributed by atoms with Crippen LogP contribution in [0.15, 0.2) is 0 Å². The van der Waals surface area contributed by atoms with Crippen LogP contribution in [-0.2, 0) is 9.53 Å². The number of hydrogen-bond donors (Lipinski definition) is 1. The molecule has 0 saturated heterocycles. The van der Waals surface area contributed by atoms with Crippen LogP contribution in [0, 0.1) is 17.8 Å². The van der Waals surface area contributed by atoms with Crippen molar-refractivity contribution in [3.05, 3.63) is 0 Å². The minimum absolute atomic E-state index is 0.00105. The molecule has 1 unspecified atom stereocenters. The molecule has 1 rings (SSSR count). The first-order valence-corrected chi connectivity index (χ1v) is 7.69. The van der Waals surface area contributed by atoms with Crippen LogP contribution in [0.2, 0.25) is 0 Å². The maximum Gasteiger partial charge on any atom is 0.338 e. The molecule has 0 aromatic carbocycles. The van der Waals surface area contributed by atoms with Gasteiger partial charge in [-0.3, -0.25) is 0 Å². The molecule has 3 heteroatoms. The molecule has 0 aliphatic heterocycles. The van der Waals surface area contributed by atoms with Gasteiger partial charge in [0.25, 0.3) is 0 Å². The van der Waals surface area contributed by atoms with Gasteiger partial charge in [0.15, 0.2) is 5.60 Å². The third kappa shape index (κ3) is 4.48. The summed E-state index contributed by atoms with van der Waals surface area (Å²) in [6.45, 7) is 10.0. The summed E-state index contributed by atoms with van der Waals surface area (Å²) in [7, 11) is 0. The predicted molar refractivity (Wildman–Crippen MR) is 76.8 cm³/mol. The molecular weight excluding hydrogens is 240 g/mol. The standard InChI is InChI=1S/C16H30O3/c1-11(2)10-16(18,12(3)4)15(17)19-14-8-6-13(5)7-9-14/h11-14,18H,6-10H2,1-5H3. The van der Waals surface area contributed by atoms with E-state index >= 15 is 0 Å². The van der Waals surface area contributed by atoms with Crippen molar-refractivity contribution in [3.8, 4) is 0 Å². The van der Waals surface area contributed by atoms with Crippen molar-refractivity contribution in [1.29, 1.82) is 0 Å². The maximum absolute atomic E-state index is 12.3. The Morgan fingerprint density at radius 2 is 1.74 bits per heavy atom. The van der Waals surface area contributed by atoms with Crippen LogP contribution in [0.5, 0.6) is 0 Å². The van der Waals surface area contributed by atoms with Crippen LogP contribution in [0.3, 0.4) is 0 Å². The van der Waals surface area contributed by atoms with Gasteiger partial charge in [0, 0.05) is 0 Å². The minimum Gasteiger partial charge on any atom is -0.460 e. The second kappa shape index (κ2) is 6.74. The molecule has 1 aliphatic rings. The monoisotopic (exact) mass is 270 g/mol. The van der Waals surface area contributed by atoms with Crippen molar-refractivity contribution >= 4 is 5.97 Å². The summed E-state index contributed by atoms with van der Waals surface area (Å²) in [6.07, 6.45) is 4.56. The maximum atomic E-state index is 12.3. The van der Waals surface area contributed by atoms with Crippen LogP contribution in [0.25, 0.3) is 0 Å². The number of carbonyl (C=O) groups excluding carboxylic acids is 1. The van der Waals surface area contributed by atoms with Crippen LogP contribution in [0.1, 0.15) is 66.7 Å². The van der Waals surface area contributed by atoms with Gasteiger partial charge in [0.05, 0.1) is 0 Å². The first-order valence-electron chi connectivity index (χ1n) is 7.69. The van der Waals surface area contributed by atoms with E-state index in [2.05, 4.69) is 6.92 Å². The summed E-state index contributed by atoms with van der Waals surface area (Å²) in [6, 6.07) is 0. The summed E-state index contributed by atoms with van der Waals surface area (Å²) in [5.74, 6) is 0.460. The Labute approximate surface area is 117 Å². The fraction of sp³-hybridized carbons (Fsp3) is 0.938. The SMILES string of the molecule is CC(C)CC(O)(C(=O)OC1CCC(C)CC1)C(C)C. The van der Waals surface area contributed by atoms with Gasteiger partial charge in [0.1, 0.15) is 6.10 Å². The number of carbonyl (C=O) groups is 1. The summed E-state index contributed by atoms with van der Waals surface area (Å²) >= 11 is 0. The van der Waals surface area contributed by atoms with Crippen molar-refractivity contribution < 1.29 is 14.6 Å². The third-order valence-electron chi connectivity index (χ3n) is 4.26. The number of esters is 1. The van der Waals surface area contributed by atoms with Crippen molar-refractivity contribution in [3.63, 3.8) is 0 Å². The largest absolute Gasteiger partial charge is 0.460 e. The number of ether oxygens (including phenoxy) is 1. The fourth-order valence-electron chi connectivity index (χ4n) is 2.78. The molecule has 0 amide bonds. The summed E-state index contributed by atoms with van der Waals surface area (Å²) in [4.78, 5) is 12.3. The highest BCUT2D eigenvalue weighted by molar-refractivity contribution is 5.79. The number of aliphatic hydroxyl groups is 1. The molecule has 1 atom stereocenters. The molecule has 0 bridgehead atoms. The first-order chi connectivity index (χ1) is 8.75. The van der Waals surface area contributed by atoms with Gasteiger partial charge in [-0.25, -0.2) is 4.79 Å². The van der Waals surface area contributed by atoms with Crippen molar-refractivity contribution in [2.75, 3.05) is 0 Å². The summed E-state index contributed by atoms with van der Waals surface area (Å²) in [5.41, 5.74) is -1.34.